The molecule has 0 fully saturated rings. The number of hydrogen-bond acceptors (Lipinski definition) is 5. The van der Waals surface area contributed by atoms with Gasteiger partial charge in [-0.05, 0) is 29.3 Å². The first-order valence-electron chi connectivity index (χ1n) is 8.68. The highest BCUT2D eigenvalue weighted by atomic mass is 16.5. The zero-order chi connectivity index (χ0) is 18.6. The largest absolute Gasteiger partial charge is 0.426 e. The molecule has 136 valence electrons. The maximum Gasteiger partial charge on any atom is 0.311 e. The number of aromatic nitrogens is 3. The van der Waals surface area contributed by atoms with Crippen LogP contribution >= 0.6 is 0 Å². The van der Waals surface area contributed by atoms with Crippen LogP contribution in [0, 0.1) is 0 Å². The van der Waals surface area contributed by atoms with Gasteiger partial charge < -0.3 is 10.1 Å². The molecule has 2 heterocycles. The maximum absolute atomic E-state index is 12.5. The van der Waals surface area contributed by atoms with E-state index in [4.69, 9.17) is 4.74 Å². The van der Waals surface area contributed by atoms with E-state index in [-0.39, 0.29) is 30.6 Å². The molecule has 0 saturated heterocycles. The molecule has 7 heteroatoms. The number of esters is 1. The van der Waals surface area contributed by atoms with Crippen molar-refractivity contribution in [2.45, 2.75) is 25.3 Å². The van der Waals surface area contributed by atoms with Gasteiger partial charge in [-0.2, -0.15) is 5.10 Å². The second-order valence-electron chi connectivity index (χ2n) is 6.46. The molecule has 1 amide bonds. The molecular weight excluding hydrogens is 344 g/mol. The molecule has 0 spiro atoms. The summed E-state index contributed by atoms with van der Waals surface area (Å²) in [6.07, 6.45) is 3.59. The monoisotopic (exact) mass is 362 g/mol. The quantitative estimate of drug-likeness (QED) is 0.557. The lowest BCUT2D eigenvalue weighted by atomic mass is 9.89. The summed E-state index contributed by atoms with van der Waals surface area (Å²) >= 11 is 0. The molecule has 1 aliphatic heterocycles. The summed E-state index contributed by atoms with van der Waals surface area (Å²) in [5.41, 5.74) is 2.67. The summed E-state index contributed by atoms with van der Waals surface area (Å²) in [4.78, 5) is 28.1. The van der Waals surface area contributed by atoms with E-state index in [0.29, 0.717) is 18.0 Å². The molecule has 1 aromatic heterocycles. The molecule has 27 heavy (non-hydrogen) atoms. The minimum Gasteiger partial charge on any atom is -0.426 e. The van der Waals surface area contributed by atoms with Gasteiger partial charge in [0.15, 0.2) is 0 Å². The predicted octanol–water partition coefficient (Wildman–Crippen LogP) is 2.75. The molecule has 4 rings (SSSR count). The topological polar surface area (TPSA) is 86.1 Å². The van der Waals surface area contributed by atoms with Crippen LogP contribution in [0.3, 0.4) is 0 Å². The number of amides is 1. The van der Waals surface area contributed by atoms with Gasteiger partial charge in [-0.3, -0.25) is 9.59 Å². The van der Waals surface area contributed by atoms with Crippen LogP contribution in [0.4, 0.5) is 5.69 Å². The number of fused-ring (bicyclic) bond motifs is 1. The Morgan fingerprint density at radius 1 is 1.19 bits per heavy atom. The molecule has 0 aliphatic carbocycles. The van der Waals surface area contributed by atoms with E-state index in [0.717, 1.165) is 11.1 Å². The van der Waals surface area contributed by atoms with Gasteiger partial charge in [0.05, 0.1) is 13.0 Å². The van der Waals surface area contributed by atoms with E-state index in [1.54, 1.807) is 17.1 Å². The summed E-state index contributed by atoms with van der Waals surface area (Å²) in [6.45, 7) is 0.620. The summed E-state index contributed by atoms with van der Waals surface area (Å²) < 4.78 is 6.97. The number of hydrogen-bond donors (Lipinski definition) is 1. The number of rotatable bonds is 5. The van der Waals surface area contributed by atoms with Crippen molar-refractivity contribution < 1.29 is 14.3 Å². The third-order valence-corrected chi connectivity index (χ3v) is 4.48. The Morgan fingerprint density at radius 3 is 2.78 bits per heavy atom. The molecular formula is C20H18N4O3. The van der Waals surface area contributed by atoms with Crippen LogP contribution in [0.5, 0.6) is 5.75 Å². The van der Waals surface area contributed by atoms with E-state index in [1.807, 2.05) is 42.5 Å². The Bertz CT molecular complexity index is 952. The van der Waals surface area contributed by atoms with Crippen LogP contribution < -0.4 is 10.1 Å². The number of nitrogens with one attached hydrogen (secondary N) is 1. The van der Waals surface area contributed by atoms with Crippen molar-refractivity contribution in [2.75, 3.05) is 5.32 Å². The van der Waals surface area contributed by atoms with Crippen molar-refractivity contribution in [1.29, 1.82) is 0 Å². The fraction of sp³-hybridized carbons (Fsp3) is 0.200. The summed E-state index contributed by atoms with van der Waals surface area (Å²) in [5.74, 6) is -0.0597. The third-order valence-electron chi connectivity index (χ3n) is 4.48. The summed E-state index contributed by atoms with van der Waals surface area (Å²) in [7, 11) is 0. The van der Waals surface area contributed by atoms with Crippen LogP contribution in [0.1, 0.15) is 29.9 Å². The molecule has 0 bridgehead atoms. The predicted molar refractivity (Wildman–Crippen MR) is 98.2 cm³/mol. The number of para-hydroxylation sites is 1. The Balaban J connectivity index is 1.39. The van der Waals surface area contributed by atoms with Crippen LogP contribution in [0.25, 0.3) is 0 Å². The molecule has 3 aromatic rings. The fourth-order valence-electron chi connectivity index (χ4n) is 3.20. The maximum atomic E-state index is 12.5. The van der Waals surface area contributed by atoms with Gasteiger partial charge in [0.1, 0.15) is 18.4 Å². The van der Waals surface area contributed by atoms with Crippen LogP contribution in [0.15, 0.2) is 61.2 Å². The second kappa shape index (κ2) is 7.41. The fourth-order valence-corrected chi connectivity index (χ4v) is 3.20. The molecule has 7 nitrogen and oxygen atoms in total. The molecule has 1 atom stereocenters. The first kappa shape index (κ1) is 17.0. The SMILES string of the molecule is O=C(C[C@H]1CC(=O)Oc2ccccc21)Nc1ccc(Cn2cncn2)cc1. The number of benzene rings is 2. The zero-order valence-corrected chi connectivity index (χ0v) is 14.5. The average Bonchev–Trinajstić information content (AvgIpc) is 3.16. The normalized spacial score (nSPS) is 15.7. The first-order chi connectivity index (χ1) is 13.2. The minimum atomic E-state index is -0.302. The Hall–Kier alpha value is -3.48. The second-order valence-corrected chi connectivity index (χ2v) is 6.46. The number of ether oxygens (including phenoxy) is 1. The van der Waals surface area contributed by atoms with E-state index in [2.05, 4.69) is 15.4 Å². The smallest absolute Gasteiger partial charge is 0.311 e. The van der Waals surface area contributed by atoms with Crippen molar-refractivity contribution in [2.24, 2.45) is 0 Å². The molecule has 0 unspecified atom stereocenters. The minimum absolute atomic E-state index is 0.131. The standard InChI is InChI=1S/C20H18N4O3/c25-19(9-15-10-20(26)27-18-4-2-1-3-17(15)18)23-16-7-5-14(6-8-16)11-24-13-21-12-22-24/h1-8,12-13,15H,9-11H2,(H,23,25)/t15-/m0/s1. The van der Waals surface area contributed by atoms with Gasteiger partial charge >= 0.3 is 5.97 Å². The number of nitrogens with zero attached hydrogens (tertiary/aromatic N) is 3. The van der Waals surface area contributed by atoms with Gasteiger partial charge in [0, 0.05) is 18.0 Å². The molecule has 2 aromatic carbocycles. The Kier molecular flexibility index (Phi) is 4.65. The number of anilines is 1. The third kappa shape index (κ3) is 4.03. The van der Waals surface area contributed by atoms with Crippen LogP contribution in [-0.4, -0.2) is 26.6 Å². The lowest BCUT2D eigenvalue weighted by Crippen LogP contribution is -2.24. The van der Waals surface area contributed by atoms with Crippen molar-refractivity contribution in [1.82, 2.24) is 14.8 Å². The van der Waals surface area contributed by atoms with Crippen molar-refractivity contribution in [3.8, 4) is 5.75 Å². The van der Waals surface area contributed by atoms with Gasteiger partial charge in [-0.25, -0.2) is 9.67 Å². The lowest BCUT2D eigenvalue weighted by Gasteiger charge is -2.23. The average molecular weight is 362 g/mol. The highest BCUT2D eigenvalue weighted by Crippen LogP contribution is 2.36. The van der Waals surface area contributed by atoms with Gasteiger partial charge in [-0.1, -0.05) is 30.3 Å². The first-order valence-corrected chi connectivity index (χ1v) is 8.68. The Morgan fingerprint density at radius 2 is 2.00 bits per heavy atom. The van der Waals surface area contributed by atoms with Crippen LogP contribution in [-0.2, 0) is 16.1 Å². The lowest BCUT2D eigenvalue weighted by molar-refractivity contribution is -0.136. The van der Waals surface area contributed by atoms with Gasteiger partial charge in [-0.15, -0.1) is 0 Å². The van der Waals surface area contributed by atoms with Crippen molar-refractivity contribution in [3.63, 3.8) is 0 Å². The van der Waals surface area contributed by atoms with E-state index < -0.39 is 0 Å². The number of carbonyl (C=O) groups is 2. The van der Waals surface area contributed by atoms with E-state index in [1.165, 1.54) is 6.33 Å². The summed E-state index contributed by atoms with van der Waals surface area (Å²) in [6, 6.07) is 14.9. The highest BCUT2D eigenvalue weighted by Gasteiger charge is 2.28. The van der Waals surface area contributed by atoms with E-state index >= 15 is 0 Å². The molecule has 0 saturated carbocycles. The number of carbonyl (C=O) groups excluding carboxylic acids is 2. The molecule has 1 N–H and O–H groups in total. The van der Waals surface area contributed by atoms with Crippen molar-refractivity contribution >= 4 is 17.6 Å². The van der Waals surface area contributed by atoms with Gasteiger partial charge in [0.2, 0.25) is 5.91 Å². The zero-order valence-electron chi connectivity index (χ0n) is 14.5. The Labute approximate surface area is 156 Å². The van der Waals surface area contributed by atoms with Crippen molar-refractivity contribution in [3.05, 3.63) is 72.3 Å². The molecule has 0 radical (unpaired) electrons. The summed E-state index contributed by atoms with van der Waals surface area (Å²) in [5, 5.41) is 6.97. The van der Waals surface area contributed by atoms with Gasteiger partial charge in [0.25, 0.3) is 0 Å². The van der Waals surface area contributed by atoms with Crippen LogP contribution in [0.2, 0.25) is 0 Å². The molecule has 1 aliphatic rings. The van der Waals surface area contributed by atoms with E-state index in [9.17, 15) is 9.59 Å². The highest BCUT2D eigenvalue weighted by molar-refractivity contribution is 5.92.